The van der Waals surface area contributed by atoms with Gasteiger partial charge in [0.15, 0.2) is 8.07 Å². The number of benzene rings is 5. The number of hydrogen-bond donors (Lipinski definition) is 0. The van der Waals surface area contributed by atoms with Crippen LogP contribution in [-0.2, 0) is 0 Å². The molecule has 0 radical (unpaired) electrons. The number of rotatable bonds is 4. The van der Waals surface area contributed by atoms with Gasteiger partial charge in [0.05, 0.1) is 17.3 Å². The first kappa shape index (κ1) is 23.8. The minimum atomic E-state index is -2.63. The second kappa shape index (κ2) is 9.81. The Morgan fingerprint density at radius 2 is 1.15 bits per heavy atom. The minimum absolute atomic E-state index is 0.602. The number of pyridine rings is 1. The fourth-order valence-corrected chi connectivity index (χ4v) is 11.3. The van der Waals surface area contributed by atoms with Gasteiger partial charge in [-0.1, -0.05) is 109 Å². The van der Waals surface area contributed by atoms with Gasteiger partial charge < -0.3 is 4.90 Å². The monoisotopic (exact) mass is 527 g/mol. The van der Waals surface area contributed by atoms with Crippen LogP contribution < -0.4 is 25.6 Å². The van der Waals surface area contributed by atoms with E-state index in [1.54, 1.807) is 12.3 Å². The van der Waals surface area contributed by atoms with Crippen molar-refractivity contribution < 1.29 is 0 Å². The van der Waals surface area contributed by atoms with Crippen LogP contribution in [0.5, 0.6) is 0 Å². The lowest BCUT2D eigenvalue weighted by Crippen LogP contribution is -2.77. The van der Waals surface area contributed by atoms with Gasteiger partial charge in [0.2, 0.25) is 0 Å². The molecule has 5 aromatic carbocycles. The number of para-hydroxylation sites is 2. The molecule has 2 heterocycles. The van der Waals surface area contributed by atoms with E-state index in [0.717, 1.165) is 16.9 Å². The van der Waals surface area contributed by atoms with E-state index in [1.165, 1.54) is 32.1 Å². The summed E-state index contributed by atoms with van der Waals surface area (Å²) >= 11 is 0. The standard InChI is InChI=1S/C36H25N3Si/c37-26-27-22-23-38-32(24-27)28-12-11-13-29(25-28)39-33-18-7-9-20-35(33)40(30-14-3-1-4-15-30,31-16-5-2-6-17-31)36-21-10-8-19-34(36)39/h1-25H. The molecular weight excluding hydrogens is 503 g/mol. The summed E-state index contributed by atoms with van der Waals surface area (Å²) in [5.41, 5.74) is 5.81. The molecule has 0 fully saturated rings. The van der Waals surface area contributed by atoms with E-state index < -0.39 is 8.07 Å². The molecule has 7 rings (SSSR count). The average Bonchev–Trinajstić information content (AvgIpc) is 3.04. The molecule has 0 bridgehead atoms. The third kappa shape index (κ3) is 3.68. The van der Waals surface area contributed by atoms with E-state index in [9.17, 15) is 5.26 Å². The highest BCUT2D eigenvalue weighted by Gasteiger charge is 2.48. The molecule has 3 nitrogen and oxygen atoms in total. The van der Waals surface area contributed by atoms with Crippen LogP contribution in [0.2, 0.25) is 0 Å². The summed E-state index contributed by atoms with van der Waals surface area (Å²) in [7, 11) is -2.63. The van der Waals surface area contributed by atoms with Crippen LogP contribution >= 0.6 is 0 Å². The molecule has 1 aliphatic rings. The third-order valence-corrected chi connectivity index (χ3v) is 12.7. The lowest BCUT2D eigenvalue weighted by atomic mass is 10.1. The maximum Gasteiger partial charge on any atom is 0.184 e. The molecule has 188 valence electrons. The molecule has 1 aliphatic heterocycles. The molecule has 0 atom stereocenters. The first-order valence-corrected chi connectivity index (χ1v) is 15.4. The first-order valence-electron chi connectivity index (χ1n) is 13.4. The van der Waals surface area contributed by atoms with Crippen LogP contribution in [0.15, 0.2) is 152 Å². The Kier molecular flexibility index (Phi) is 5.85. The normalized spacial score (nSPS) is 13.1. The quantitative estimate of drug-likeness (QED) is 0.273. The molecular formula is C36H25N3Si. The Labute approximate surface area is 235 Å². The molecule has 6 aromatic rings. The van der Waals surface area contributed by atoms with E-state index in [2.05, 4.69) is 149 Å². The molecule has 0 spiro atoms. The summed E-state index contributed by atoms with van der Waals surface area (Å²) < 4.78 is 0. The minimum Gasteiger partial charge on any atom is -0.311 e. The van der Waals surface area contributed by atoms with Crippen molar-refractivity contribution in [3.63, 3.8) is 0 Å². The Bertz CT molecular complexity index is 1790. The van der Waals surface area contributed by atoms with Crippen LogP contribution in [0, 0.1) is 11.3 Å². The summed E-state index contributed by atoms with van der Waals surface area (Å²) in [5, 5.41) is 14.9. The Balaban J connectivity index is 1.52. The van der Waals surface area contributed by atoms with Crippen LogP contribution in [0.4, 0.5) is 17.1 Å². The molecule has 0 saturated heterocycles. The largest absolute Gasteiger partial charge is 0.311 e. The smallest absolute Gasteiger partial charge is 0.184 e. The number of hydrogen-bond acceptors (Lipinski definition) is 3. The third-order valence-electron chi connectivity index (χ3n) is 7.80. The average molecular weight is 528 g/mol. The summed E-state index contributed by atoms with van der Waals surface area (Å²) in [4.78, 5) is 6.96. The van der Waals surface area contributed by atoms with Crippen molar-refractivity contribution in [1.82, 2.24) is 4.98 Å². The van der Waals surface area contributed by atoms with E-state index in [0.29, 0.717) is 5.56 Å². The SMILES string of the molecule is N#Cc1ccnc(-c2cccc(N3c4ccccc4[Si](c4ccccc4)(c4ccccc4)c4ccccc43)c2)c1. The highest BCUT2D eigenvalue weighted by atomic mass is 28.3. The van der Waals surface area contributed by atoms with Crippen molar-refractivity contribution in [2.75, 3.05) is 4.90 Å². The lowest BCUT2D eigenvalue weighted by Gasteiger charge is -2.45. The number of nitrogens with zero attached hydrogens (tertiary/aromatic N) is 3. The van der Waals surface area contributed by atoms with Gasteiger partial charge in [-0.05, 0) is 57.1 Å². The Morgan fingerprint density at radius 1 is 0.575 bits per heavy atom. The van der Waals surface area contributed by atoms with Gasteiger partial charge in [0, 0.05) is 28.8 Å². The van der Waals surface area contributed by atoms with Gasteiger partial charge in [0.25, 0.3) is 0 Å². The van der Waals surface area contributed by atoms with E-state index in [4.69, 9.17) is 0 Å². The maximum atomic E-state index is 9.44. The van der Waals surface area contributed by atoms with Crippen molar-refractivity contribution in [3.8, 4) is 17.3 Å². The van der Waals surface area contributed by atoms with Gasteiger partial charge >= 0.3 is 0 Å². The summed E-state index contributed by atoms with van der Waals surface area (Å²) in [6.45, 7) is 0. The first-order chi connectivity index (χ1) is 19.8. The molecule has 0 aliphatic carbocycles. The molecule has 0 N–H and O–H groups in total. The number of fused-ring (bicyclic) bond motifs is 2. The summed E-state index contributed by atoms with van der Waals surface area (Å²) in [5.74, 6) is 0. The van der Waals surface area contributed by atoms with Crippen molar-refractivity contribution >= 4 is 45.9 Å². The highest BCUT2D eigenvalue weighted by molar-refractivity contribution is 7.21. The zero-order chi connectivity index (χ0) is 26.9. The van der Waals surface area contributed by atoms with Crippen LogP contribution in [0.25, 0.3) is 11.3 Å². The van der Waals surface area contributed by atoms with Crippen molar-refractivity contribution in [1.29, 1.82) is 5.26 Å². The molecule has 4 heteroatoms. The van der Waals surface area contributed by atoms with Crippen LogP contribution in [0.3, 0.4) is 0 Å². The predicted molar refractivity (Wildman–Crippen MR) is 166 cm³/mol. The number of anilines is 3. The summed E-state index contributed by atoms with van der Waals surface area (Å²) in [6, 6.07) is 54.1. The van der Waals surface area contributed by atoms with Crippen molar-refractivity contribution in [2.45, 2.75) is 0 Å². The number of nitriles is 1. The van der Waals surface area contributed by atoms with Gasteiger partial charge in [-0.25, -0.2) is 0 Å². The predicted octanol–water partition coefficient (Wildman–Crippen LogP) is 5.78. The van der Waals surface area contributed by atoms with E-state index in [-0.39, 0.29) is 0 Å². The summed E-state index contributed by atoms with van der Waals surface area (Å²) in [6.07, 6.45) is 1.70. The fraction of sp³-hybridized carbons (Fsp3) is 0. The van der Waals surface area contributed by atoms with Crippen molar-refractivity contribution in [2.24, 2.45) is 0 Å². The van der Waals surface area contributed by atoms with Crippen molar-refractivity contribution in [3.05, 3.63) is 157 Å². The zero-order valence-corrected chi connectivity index (χ0v) is 22.8. The zero-order valence-electron chi connectivity index (χ0n) is 21.8. The molecule has 0 amide bonds. The van der Waals surface area contributed by atoms with Crippen LogP contribution in [-0.4, -0.2) is 13.1 Å². The van der Waals surface area contributed by atoms with Gasteiger partial charge in [0.1, 0.15) is 0 Å². The molecule has 0 unspecified atom stereocenters. The Morgan fingerprint density at radius 3 is 1.75 bits per heavy atom. The second-order valence-electron chi connectivity index (χ2n) is 9.94. The second-order valence-corrected chi connectivity index (χ2v) is 13.7. The molecule has 1 aromatic heterocycles. The molecule has 0 saturated carbocycles. The van der Waals surface area contributed by atoms with E-state index >= 15 is 0 Å². The van der Waals surface area contributed by atoms with Gasteiger partial charge in [-0.15, -0.1) is 0 Å². The topological polar surface area (TPSA) is 39.9 Å². The van der Waals surface area contributed by atoms with Crippen LogP contribution in [0.1, 0.15) is 5.56 Å². The lowest BCUT2D eigenvalue weighted by molar-refractivity contribution is 1.27. The molecule has 40 heavy (non-hydrogen) atoms. The van der Waals surface area contributed by atoms with E-state index in [1.807, 2.05) is 6.07 Å². The van der Waals surface area contributed by atoms with Gasteiger partial charge in [-0.2, -0.15) is 5.26 Å². The fourth-order valence-electron chi connectivity index (χ4n) is 6.15. The highest BCUT2D eigenvalue weighted by Crippen LogP contribution is 2.39. The van der Waals surface area contributed by atoms with Gasteiger partial charge in [-0.3, -0.25) is 4.98 Å². The number of aromatic nitrogens is 1. The Hall–Kier alpha value is -5.24. The maximum absolute atomic E-state index is 9.44.